The number of benzene rings is 2. The van der Waals surface area contributed by atoms with Crippen molar-refractivity contribution >= 4 is 18.0 Å². The van der Waals surface area contributed by atoms with Gasteiger partial charge in [-0.3, -0.25) is 0 Å². The molecule has 0 aliphatic carbocycles. The molecule has 0 aliphatic rings. The average Bonchev–Trinajstić information content (AvgIpc) is 3.12. The van der Waals surface area contributed by atoms with Crippen molar-refractivity contribution in [3.05, 3.63) is 66.0 Å². The average molecular weight is 354 g/mol. The van der Waals surface area contributed by atoms with Gasteiger partial charge >= 0.3 is 0 Å². The van der Waals surface area contributed by atoms with E-state index in [0.717, 1.165) is 22.2 Å². The molecule has 3 rings (SSSR count). The van der Waals surface area contributed by atoms with Gasteiger partial charge in [-0.25, -0.2) is 0 Å². The molecule has 0 N–H and O–H groups in total. The summed E-state index contributed by atoms with van der Waals surface area (Å²) < 4.78 is 12.2. The summed E-state index contributed by atoms with van der Waals surface area (Å²) in [6.07, 6.45) is 3.30. The molecule has 0 atom stereocenters. The van der Waals surface area contributed by atoms with E-state index >= 15 is 0 Å². The third-order valence-corrected chi connectivity index (χ3v) is 4.48. The molecule has 0 saturated heterocycles. The highest BCUT2D eigenvalue weighted by molar-refractivity contribution is 7.98. The molecule has 0 unspecified atom stereocenters. The lowest BCUT2D eigenvalue weighted by molar-refractivity contribution is 0.394. The van der Waals surface area contributed by atoms with Gasteiger partial charge in [-0.1, -0.05) is 42.1 Å². The van der Waals surface area contributed by atoms with Gasteiger partial charge in [0.05, 0.1) is 20.4 Å². The maximum absolute atomic E-state index is 5.38. The Morgan fingerprint density at radius 3 is 2.72 bits per heavy atom. The van der Waals surface area contributed by atoms with Crippen molar-refractivity contribution < 1.29 is 9.47 Å². The zero-order chi connectivity index (χ0) is 17.5. The number of hydrogen-bond donors (Lipinski definition) is 0. The van der Waals surface area contributed by atoms with Crippen LogP contribution in [0.1, 0.15) is 11.1 Å². The maximum atomic E-state index is 5.38. The third kappa shape index (κ3) is 4.39. The highest BCUT2D eigenvalue weighted by Crippen LogP contribution is 2.24. The number of thioether (sulfide) groups is 1. The van der Waals surface area contributed by atoms with Crippen LogP contribution in [0.2, 0.25) is 0 Å². The molecule has 0 aliphatic heterocycles. The Bertz CT molecular complexity index is 849. The molecule has 0 saturated carbocycles. The van der Waals surface area contributed by atoms with Crippen LogP contribution in [0.4, 0.5) is 0 Å². The van der Waals surface area contributed by atoms with E-state index in [-0.39, 0.29) is 0 Å². The van der Waals surface area contributed by atoms with Crippen LogP contribution in [0.3, 0.4) is 0 Å². The van der Waals surface area contributed by atoms with Crippen molar-refractivity contribution in [3.8, 4) is 11.5 Å². The van der Waals surface area contributed by atoms with Crippen LogP contribution in [-0.2, 0) is 5.75 Å². The Kier molecular flexibility index (Phi) is 5.69. The van der Waals surface area contributed by atoms with Gasteiger partial charge in [-0.15, -0.1) is 10.2 Å². The van der Waals surface area contributed by atoms with Crippen molar-refractivity contribution in [2.24, 2.45) is 5.10 Å². The largest absolute Gasteiger partial charge is 0.497 e. The van der Waals surface area contributed by atoms with E-state index in [1.54, 1.807) is 43.2 Å². The molecule has 1 heterocycles. The summed E-state index contributed by atoms with van der Waals surface area (Å²) in [7, 11) is 3.24. The fraction of sp³-hybridized carbons (Fsp3) is 0.167. The summed E-state index contributed by atoms with van der Waals surface area (Å²) in [6, 6.07) is 15.8. The topological polar surface area (TPSA) is 61.5 Å². The minimum absolute atomic E-state index is 0.690. The van der Waals surface area contributed by atoms with Crippen molar-refractivity contribution in [2.45, 2.75) is 10.9 Å². The standard InChI is InChI=1S/C18H18N4O2S/c1-23-16-9-8-15(17(10-16)24-2)11-20-22-13-19-21-18(22)25-12-14-6-4-3-5-7-14/h3-11,13H,12H2,1-2H3/b20-11-. The molecule has 3 aromatic rings. The Hall–Kier alpha value is -2.80. The first kappa shape index (κ1) is 17.0. The molecule has 7 heteroatoms. The molecule has 0 amide bonds. The lowest BCUT2D eigenvalue weighted by Crippen LogP contribution is -1.96. The lowest BCUT2D eigenvalue weighted by Gasteiger charge is -2.07. The van der Waals surface area contributed by atoms with E-state index in [0.29, 0.717) is 5.75 Å². The summed E-state index contributed by atoms with van der Waals surface area (Å²) in [5, 5.41) is 13.2. The summed E-state index contributed by atoms with van der Waals surface area (Å²) in [5.74, 6) is 2.23. The highest BCUT2D eigenvalue weighted by atomic mass is 32.2. The minimum atomic E-state index is 0.690. The first-order chi connectivity index (χ1) is 12.3. The molecule has 0 fully saturated rings. The van der Waals surface area contributed by atoms with Gasteiger partial charge < -0.3 is 9.47 Å². The Balaban J connectivity index is 1.73. The molecule has 6 nitrogen and oxygen atoms in total. The van der Waals surface area contributed by atoms with Gasteiger partial charge in [0.1, 0.15) is 17.8 Å². The smallest absolute Gasteiger partial charge is 0.212 e. The van der Waals surface area contributed by atoms with Crippen molar-refractivity contribution in [3.63, 3.8) is 0 Å². The molecular formula is C18H18N4O2S. The lowest BCUT2D eigenvalue weighted by atomic mass is 10.2. The van der Waals surface area contributed by atoms with Crippen LogP contribution >= 0.6 is 11.8 Å². The Labute approximate surface area is 150 Å². The van der Waals surface area contributed by atoms with E-state index in [1.165, 1.54) is 5.56 Å². The van der Waals surface area contributed by atoms with Crippen molar-refractivity contribution in [1.29, 1.82) is 0 Å². The van der Waals surface area contributed by atoms with Crippen LogP contribution in [0.5, 0.6) is 11.5 Å². The van der Waals surface area contributed by atoms with Gasteiger partial charge in [-0.2, -0.15) is 9.78 Å². The summed E-state index contributed by atoms with van der Waals surface area (Å²) in [5.41, 5.74) is 2.07. The molecule has 0 spiro atoms. The normalized spacial score (nSPS) is 11.0. The second-order valence-corrected chi connectivity index (χ2v) is 6.03. The zero-order valence-corrected chi connectivity index (χ0v) is 14.8. The molecule has 1 aromatic heterocycles. The molecular weight excluding hydrogens is 336 g/mol. The van der Waals surface area contributed by atoms with Gasteiger partial charge in [0.15, 0.2) is 0 Å². The molecule has 2 aromatic carbocycles. The quantitative estimate of drug-likeness (QED) is 0.480. The summed E-state index contributed by atoms with van der Waals surface area (Å²) in [6.45, 7) is 0. The van der Waals surface area contributed by atoms with Crippen LogP contribution < -0.4 is 9.47 Å². The highest BCUT2D eigenvalue weighted by Gasteiger charge is 2.06. The van der Waals surface area contributed by atoms with Crippen molar-refractivity contribution in [2.75, 3.05) is 14.2 Å². The number of nitrogens with zero attached hydrogens (tertiary/aromatic N) is 4. The van der Waals surface area contributed by atoms with Gasteiger partial charge in [-0.05, 0) is 17.7 Å². The van der Waals surface area contributed by atoms with Crippen LogP contribution in [0, 0.1) is 0 Å². The minimum Gasteiger partial charge on any atom is -0.497 e. The fourth-order valence-electron chi connectivity index (χ4n) is 2.17. The van der Waals surface area contributed by atoms with Gasteiger partial charge in [0.25, 0.3) is 0 Å². The second-order valence-electron chi connectivity index (χ2n) is 5.08. The third-order valence-electron chi connectivity index (χ3n) is 3.47. The Morgan fingerprint density at radius 1 is 1.12 bits per heavy atom. The second kappa shape index (κ2) is 8.34. The van der Waals surface area contributed by atoms with E-state index in [9.17, 15) is 0 Å². The molecule has 128 valence electrons. The van der Waals surface area contributed by atoms with Gasteiger partial charge in [0, 0.05) is 17.4 Å². The number of aromatic nitrogens is 3. The maximum Gasteiger partial charge on any atom is 0.212 e. The number of hydrogen-bond acceptors (Lipinski definition) is 6. The first-order valence-electron chi connectivity index (χ1n) is 7.63. The predicted molar refractivity (Wildman–Crippen MR) is 98.6 cm³/mol. The molecule has 0 radical (unpaired) electrons. The van der Waals surface area contributed by atoms with Crippen LogP contribution in [0.25, 0.3) is 0 Å². The Morgan fingerprint density at radius 2 is 1.96 bits per heavy atom. The molecule has 25 heavy (non-hydrogen) atoms. The number of ether oxygens (including phenoxy) is 2. The van der Waals surface area contributed by atoms with E-state index in [1.807, 2.05) is 36.4 Å². The van der Waals surface area contributed by atoms with E-state index < -0.39 is 0 Å². The van der Waals surface area contributed by atoms with E-state index in [4.69, 9.17) is 9.47 Å². The number of rotatable bonds is 7. The zero-order valence-electron chi connectivity index (χ0n) is 14.0. The monoisotopic (exact) mass is 354 g/mol. The summed E-state index contributed by atoms with van der Waals surface area (Å²) in [4.78, 5) is 0. The number of methoxy groups -OCH3 is 2. The molecule has 0 bridgehead atoms. The van der Waals surface area contributed by atoms with Crippen molar-refractivity contribution in [1.82, 2.24) is 14.9 Å². The van der Waals surface area contributed by atoms with Crippen LogP contribution in [0.15, 0.2) is 65.1 Å². The van der Waals surface area contributed by atoms with Crippen LogP contribution in [-0.4, -0.2) is 35.3 Å². The predicted octanol–water partition coefficient (Wildman–Crippen LogP) is 3.47. The first-order valence-corrected chi connectivity index (χ1v) is 8.62. The van der Waals surface area contributed by atoms with E-state index in [2.05, 4.69) is 27.4 Å². The van der Waals surface area contributed by atoms with Gasteiger partial charge in [0.2, 0.25) is 5.16 Å². The summed E-state index contributed by atoms with van der Waals surface area (Å²) >= 11 is 1.58. The SMILES string of the molecule is COc1ccc(/C=N\n2cnnc2SCc2ccccc2)c(OC)c1. The fourth-order valence-corrected chi connectivity index (χ4v) is 2.98.